The Morgan fingerprint density at radius 3 is 2.89 bits per heavy atom. The van der Waals surface area contributed by atoms with E-state index >= 15 is 0 Å². The van der Waals surface area contributed by atoms with Gasteiger partial charge in [0.25, 0.3) is 0 Å². The molecule has 1 aromatic carbocycles. The zero-order chi connectivity index (χ0) is 12.4. The van der Waals surface area contributed by atoms with Crippen molar-refractivity contribution in [1.29, 1.82) is 0 Å². The maximum absolute atomic E-state index is 5.67. The summed E-state index contributed by atoms with van der Waals surface area (Å²) in [7, 11) is 0. The van der Waals surface area contributed by atoms with E-state index < -0.39 is 0 Å². The Hall–Kier alpha value is -1.28. The van der Waals surface area contributed by atoms with Gasteiger partial charge >= 0.3 is 0 Å². The second kappa shape index (κ2) is 5.15. The molecule has 0 radical (unpaired) electrons. The van der Waals surface area contributed by atoms with Crippen molar-refractivity contribution in [3.8, 4) is 0 Å². The van der Waals surface area contributed by atoms with Crippen molar-refractivity contribution in [2.24, 2.45) is 5.92 Å². The van der Waals surface area contributed by atoms with Gasteiger partial charge in [0.15, 0.2) is 0 Å². The van der Waals surface area contributed by atoms with Gasteiger partial charge in [-0.1, -0.05) is 44.4 Å². The molecule has 0 spiro atoms. The number of rotatable bonds is 5. The van der Waals surface area contributed by atoms with Crippen LogP contribution in [0.2, 0.25) is 0 Å². The van der Waals surface area contributed by atoms with Gasteiger partial charge in [-0.2, -0.15) is 0 Å². The predicted octanol–water partition coefficient (Wildman–Crippen LogP) is 4.27. The first kappa shape index (κ1) is 11.8. The molecule has 0 saturated heterocycles. The third-order valence-electron chi connectivity index (χ3n) is 4.13. The number of para-hydroxylation sites is 1. The van der Waals surface area contributed by atoms with E-state index in [1.807, 2.05) is 18.4 Å². The molecule has 96 valence electrons. The van der Waals surface area contributed by atoms with Crippen LogP contribution in [0.15, 0.2) is 34.9 Å². The Morgan fingerprint density at radius 2 is 2.17 bits per heavy atom. The first-order valence-electron chi connectivity index (χ1n) is 7.08. The molecule has 1 fully saturated rings. The van der Waals surface area contributed by atoms with E-state index in [0.717, 1.165) is 18.0 Å². The number of nitrogens with one attached hydrogen (secondary N) is 1. The number of hydrogen-bond donors (Lipinski definition) is 1. The van der Waals surface area contributed by atoms with Gasteiger partial charge in [0.05, 0.1) is 6.26 Å². The van der Waals surface area contributed by atoms with Crippen molar-refractivity contribution in [2.45, 2.75) is 38.6 Å². The molecule has 18 heavy (non-hydrogen) atoms. The van der Waals surface area contributed by atoms with Gasteiger partial charge in [-0.3, -0.25) is 0 Å². The predicted molar refractivity (Wildman–Crippen MR) is 74.6 cm³/mol. The summed E-state index contributed by atoms with van der Waals surface area (Å²) in [6, 6.07) is 8.78. The highest BCUT2D eigenvalue weighted by Crippen LogP contribution is 2.37. The standard InChI is InChI=1S/C16H21NO/c1-2-17-15(10-12-6-5-7-12)14-11-18-16-9-4-3-8-13(14)16/h3-4,8-9,11-12,15,17H,2,5-7,10H2,1H3. The largest absolute Gasteiger partial charge is 0.464 e. The molecule has 1 aliphatic rings. The number of fused-ring (bicyclic) bond motifs is 1. The molecule has 2 aromatic rings. The summed E-state index contributed by atoms with van der Waals surface area (Å²) in [6.45, 7) is 3.19. The molecule has 0 amide bonds. The first-order valence-corrected chi connectivity index (χ1v) is 7.08. The molecule has 1 heterocycles. The highest BCUT2D eigenvalue weighted by atomic mass is 16.3. The molecule has 1 atom stereocenters. The zero-order valence-corrected chi connectivity index (χ0v) is 11.0. The molecule has 0 aliphatic heterocycles. The molecule has 2 nitrogen and oxygen atoms in total. The van der Waals surface area contributed by atoms with Gasteiger partial charge in [0, 0.05) is 17.0 Å². The van der Waals surface area contributed by atoms with E-state index in [-0.39, 0.29) is 0 Å². The Labute approximate surface area is 108 Å². The summed E-state index contributed by atoms with van der Waals surface area (Å²) >= 11 is 0. The molecule has 2 heteroatoms. The SMILES string of the molecule is CCNC(CC1CCC1)c1coc2ccccc12. The van der Waals surface area contributed by atoms with E-state index in [1.165, 1.54) is 36.6 Å². The van der Waals surface area contributed by atoms with Gasteiger partial charge in [0.1, 0.15) is 5.58 Å². The lowest BCUT2D eigenvalue weighted by atomic mass is 9.79. The van der Waals surface area contributed by atoms with Gasteiger partial charge in [-0.15, -0.1) is 0 Å². The second-order valence-electron chi connectivity index (χ2n) is 5.33. The Kier molecular flexibility index (Phi) is 3.37. The Balaban J connectivity index is 1.87. The van der Waals surface area contributed by atoms with Crippen LogP contribution in [0.5, 0.6) is 0 Å². The molecule has 1 aromatic heterocycles. The maximum Gasteiger partial charge on any atom is 0.134 e. The molecule has 1 aliphatic carbocycles. The second-order valence-corrected chi connectivity index (χ2v) is 5.33. The zero-order valence-electron chi connectivity index (χ0n) is 11.0. The third kappa shape index (κ3) is 2.17. The molecule has 1 saturated carbocycles. The minimum Gasteiger partial charge on any atom is -0.464 e. The van der Waals surface area contributed by atoms with Crippen LogP contribution >= 0.6 is 0 Å². The van der Waals surface area contributed by atoms with E-state index in [4.69, 9.17) is 4.42 Å². The monoisotopic (exact) mass is 243 g/mol. The van der Waals surface area contributed by atoms with Crippen molar-refractivity contribution in [2.75, 3.05) is 6.54 Å². The van der Waals surface area contributed by atoms with Crippen LogP contribution in [-0.4, -0.2) is 6.54 Å². The summed E-state index contributed by atoms with van der Waals surface area (Å²) in [6.07, 6.45) is 7.40. The van der Waals surface area contributed by atoms with Crippen LogP contribution in [-0.2, 0) is 0 Å². The summed E-state index contributed by atoms with van der Waals surface area (Å²) in [4.78, 5) is 0. The smallest absolute Gasteiger partial charge is 0.134 e. The van der Waals surface area contributed by atoms with Crippen molar-refractivity contribution in [1.82, 2.24) is 5.32 Å². The number of benzene rings is 1. The molecular weight excluding hydrogens is 222 g/mol. The quantitative estimate of drug-likeness (QED) is 0.848. The summed E-state index contributed by atoms with van der Waals surface area (Å²) < 4.78 is 5.67. The molecule has 3 rings (SSSR count). The van der Waals surface area contributed by atoms with Crippen LogP contribution in [0, 0.1) is 5.92 Å². The van der Waals surface area contributed by atoms with Gasteiger partial charge < -0.3 is 9.73 Å². The van der Waals surface area contributed by atoms with Gasteiger partial charge in [0.2, 0.25) is 0 Å². The lowest BCUT2D eigenvalue weighted by Crippen LogP contribution is -2.25. The number of furan rings is 1. The lowest BCUT2D eigenvalue weighted by molar-refractivity contribution is 0.262. The Bertz CT molecular complexity index is 513. The lowest BCUT2D eigenvalue weighted by Gasteiger charge is -2.29. The van der Waals surface area contributed by atoms with Gasteiger partial charge in [-0.25, -0.2) is 0 Å². The van der Waals surface area contributed by atoms with Crippen molar-refractivity contribution < 1.29 is 4.42 Å². The number of hydrogen-bond acceptors (Lipinski definition) is 2. The van der Waals surface area contributed by atoms with E-state index in [9.17, 15) is 0 Å². The van der Waals surface area contributed by atoms with Crippen LogP contribution in [0.3, 0.4) is 0 Å². The van der Waals surface area contributed by atoms with E-state index in [0.29, 0.717) is 6.04 Å². The van der Waals surface area contributed by atoms with Crippen LogP contribution < -0.4 is 5.32 Å². The molecular formula is C16H21NO. The van der Waals surface area contributed by atoms with Gasteiger partial charge in [-0.05, 0) is 24.9 Å². The minimum absolute atomic E-state index is 0.448. The maximum atomic E-state index is 5.67. The Morgan fingerprint density at radius 1 is 1.33 bits per heavy atom. The summed E-state index contributed by atoms with van der Waals surface area (Å²) in [5.41, 5.74) is 2.34. The normalized spacial score (nSPS) is 17.8. The van der Waals surface area contributed by atoms with Crippen LogP contribution in [0.25, 0.3) is 11.0 Å². The van der Waals surface area contributed by atoms with Crippen molar-refractivity contribution >= 4 is 11.0 Å². The highest BCUT2D eigenvalue weighted by Gasteiger charge is 2.24. The van der Waals surface area contributed by atoms with E-state index in [2.05, 4.69) is 24.4 Å². The fraction of sp³-hybridized carbons (Fsp3) is 0.500. The van der Waals surface area contributed by atoms with Crippen molar-refractivity contribution in [3.63, 3.8) is 0 Å². The van der Waals surface area contributed by atoms with Crippen molar-refractivity contribution in [3.05, 3.63) is 36.1 Å². The van der Waals surface area contributed by atoms with E-state index in [1.54, 1.807) is 0 Å². The molecule has 0 bridgehead atoms. The molecule has 1 unspecified atom stereocenters. The fourth-order valence-electron chi connectivity index (χ4n) is 2.90. The summed E-state index contributed by atoms with van der Waals surface area (Å²) in [5.74, 6) is 0.905. The fourth-order valence-corrected chi connectivity index (χ4v) is 2.90. The average molecular weight is 243 g/mol. The minimum atomic E-state index is 0.448. The van der Waals surface area contributed by atoms with Crippen LogP contribution in [0.4, 0.5) is 0 Å². The summed E-state index contributed by atoms with van der Waals surface area (Å²) in [5, 5.41) is 4.88. The first-order chi connectivity index (χ1) is 8.88. The highest BCUT2D eigenvalue weighted by molar-refractivity contribution is 5.81. The van der Waals surface area contributed by atoms with Crippen LogP contribution in [0.1, 0.15) is 44.2 Å². The topological polar surface area (TPSA) is 25.2 Å². The molecule has 1 N–H and O–H groups in total. The third-order valence-corrected chi connectivity index (χ3v) is 4.13. The average Bonchev–Trinajstić information content (AvgIpc) is 2.76.